The van der Waals surface area contributed by atoms with Gasteiger partial charge in [-0.25, -0.2) is 0 Å². The monoisotopic (exact) mass is 669 g/mol. The summed E-state index contributed by atoms with van der Waals surface area (Å²) < 4.78 is 18.6. The van der Waals surface area contributed by atoms with Crippen molar-refractivity contribution in [1.82, 2.24) is 0 Å². The Labute approximate surface area is 282 Å². The molecule has 3 rings (SSSR count). The van der Waals surface area contributed by atoms with E-state index in [9.17, 15) is 28.8 Å². The van der Waals surface area contributed by atoms with Crippen molar-refractivity contribution < 1.29 is 67.1 Å². The number of rotatable bonds is 13. The second kappa shape index (κ2) is 27.1. The zero-order valence-electron chi connectivity index (χ0n) is 26.7. The molecule has 3 aromatic rings. The van der Waals surface area contributed by atoms with Crippen LogP contribution in [0.1, 0.15) is 78.0 Å². The number of hydrogen-bond donors (Lipinski definition) is 0. The zero-order chi connectivity index (χ0) is 34.6. The molecule has 0 fully saturated rings. The Morgan fingerprint density at radius 2 is 0.652 bits per heavy atom. The summed E-state index contributed by atoms with van der Waals surface area (Å²) in [7, 11) is 0. The van der Waals surface area contributed by atoms with Gasteiger partial charge in [0.1, 0.15) is 19.3 Å². The molecule has 0 aliphatic heterocycles. The van der Waals surface area contributed by atoms with E-state index in [1.165, 1.54) is 0 Å². The number of ether oxygens (including phenoxy) is 3. The predicted octanol–water partition coefficient (Wildman–Crippen LogP) is 5.95. The van der Waals surface area contributed by atoms with Crippen LogP contribution in [0.25, 0.3) is 0 Å². The Bertz CT molecular complexity index is 1150. The van der Waals surface area contributed by atoms with Crippen LogP contribution >= 0.6 is 0 Å². The number of benzene rings is 3. The van der Waals surface area contributed by atoms with E-state index in [0.717, 1.165) is 6.61 Å². The van der Waals surface area contributed by atoms with Gasteiger partial charge in [0.05, 0.1) is 19.8 Å². The van der Waals surface area contributed by atoms with E-state index in [1.807, 2.05) is 25.1 Å². The van der Waals surface area contributed by atoms with Gasteiger partial charge in [0.2, 0.25) is 0 Å². The first-order valence-electron chi connectivity index (χ1n) is 14.6. The first-order valence-corrected chi connectivity index (χ1v) is 15.3. The summed E-state index contributed by atoms with van der Waals surface area (Å²) in [4.78, 5) is 67.2. The van der Waals surface area contributed by atoms with E-state index in [1.54, 1.807) is 114 Å². The summed E-state index contributed by atoms with van der Waals surface area (Å²) in [5.74, 6) is -2.03. The van der Waals surface area contributed by atoms with Crippen LogP contribution in [0.5, 0.6) is 0 Å². The van der Waals surface area contributed by atoms with Gasteiger partial charge in [0.15, 0.2) is 17.3 Å². The number of esters is 3. The molecule has 0 spiro atoms. The summed E-state index contributed by atoms with van der Waals surface area (Å²) in [6, 6.07) is 26.1. The summed E-state index contributed by atoms with van der Waals surface area (Å²) in [6.07, 6.45) is -0.548. The first kappa shape index (κ1) is 41.8. The average molecular weight is 670 g/mol. The fourth-order valence-electron chi connectivity index (χ4n) is 3.21. The first-order chi connectivity index (χ1) is 22.1. The van der Waals surface area contributed by atoms with Gasteiger partial charge in [-0.05, 0) is 20.8 Å². The number of ketones is 3. The van der Waals surface area contributed by atoms with Crippen LogP contribution in [0.3, 0.4) is 0 Å². The molecule has 3 aromatic carbocycles. The van der Waals surface area contributed by atoms with E-state index >= 15 is 0 Å². The normalized spacial score (nSPS) is 9.28. The Morgan fingerprint density at radius 3 is 0.826 bits per heavy atom. The quantitative estimate of drug-likeness (QED) is 0.0705. The molecule has 10 nitrogen and oxygen atoms in total. The third-order valence-electron chi connectivity index (χ3n) is 5.26. The summed E-state index contributed by atoms with van der Waals surface area (Å²) >= 11 is 1.68. The van der Waals surface area contributed by atoms with Crippen LogP contribution in [0.4, 0.5) is 0 Å². The van der Waals surface area contributed by atoms with Gasteiger partial charge >= 0.3 is 55.6 Å². The Morgan fingerprint density at radius 1 is 0.435 bits per heavy atom. The second-order valence-electron chi connectivity index (χ2n) is 8.75. The van der Waals surface area contributed by atoms with Gasteiger partial charge < -0.3 is 14.2 Å². The summed E-state index contributed by atoms with van der Waals surface area (Å²) in [5.41, 5.74) is 1.63. The Hall–Kier alpha value is -4.25. The van der Waals surface area contributed by atoms with Crippen molar-refractivity contribution in [3.8, 4) is 0 Å². The topological polar surface area (TPSA) is 139 Å². The summed E-state index contributed by atoms with van der Waals surface area (Å²) in [5, 5.41) is 0. The number of carbonyl (C=O) groups excluding carboxylic acids is 6. The van der Waals surface area contributed by atoms with E-state index in [2.05, 4.69) is 17.5 Å². The molecule has 0 atom stereocenters. The Kier molecular flexibility index (Phi) is 24.6. The van der Waals surface area contributed by atoms with Crippen molar-refractivity contribution in [3.05, 3.63) is 108 Å². The molecule has 0 saturated heterocycles. The molecule has 245 valence electrons. The van der Waals surface area contributed by atoms with Crippen LogP contribution in [0.15, 0.2) is 91.0 Å². The van der Waals surface area contributed by atoms with Gasteiger partial charge in [-0.2, -0.15) is 0 Å². The molecule has 0 saturated carbocycles. The van der Waals surface area contributed by atoms with Gasteiger partial charge in [-0.15, -0.1) is 0 Å². The van der Waals surface area contributed by atoms with Gasteiger partial charge in [-0.3, -0.25) is 28.8 Å². The third-order valence-corrected chi connectivity index (χ3v) is 5.71. The molecular weight excluding hydrogens is 628 g/mol. The van der Waals surface area contributed by atoms with Gasteiger partial charge in [0.25, 0.3) is 0 Å². The van der Waals surface area contributed by atoms with E-state index in [4.69, 9.17) is 0 Å². The average Bonchev–Trinajstić information content (AvgIpc) is 3.07. The fraction of sp³-hybridized carbons (Fsp3) is 0.314. The maximum atomic E-state index is 11.4. The van der Waals surface area contributed by atoms with Crippen LogP contribution < -0.4 is 0 Å². The molecule has 0 amide bonds. The molecule has 0 aliphatic carbocycles. The van der Waals surface area contributed by atoms with Crippen LogP contribution in [-0.4, -0.2) is 61.7 Å². The molecule has 46 heavy (non-hydrogen) atoms. The number of hydrogen-bond acceptors (Lipinski definition) is 10. The zero-order valence-corrected chi connectivity index (χ0v) is 28.3. The number of carbonyl (C=O) groups is 6. The molecule has 0 aliphatic rings. The van der Waals surface area contributed by atoms with Gasteiger partial charge in [-0.1, -0.05) is 91.0 Å². The second-order valence-corrected chi connectivity index (χ2v) is 9.20. The van der Waals surface area contributed by atoms with Crippen molar-refractivity contribution in [1.29, 1.82) is 0 Å². The summed E-state index contributed by atoms with van der Waals surface area (Å²) in [6.45, 7) is 8.84. The van der Waals surface area contributed by atoms with Crippen LogP contribution in [0.2, 0.25) is 0 Å². The standard InChI is InChI=1S/3C11H12O3.C2H5O.Ti/c3*1-2-14-11(13)8-10(12)9-6-4-3-5-7-9;1-2-3;/h3*3-7H,2,8H2,1H3;2H2,1H3;/q;;;-1;+1. The van der Waals surface area contributed by atoms with Crippen LogP contribution in [0, 0.1) is 0 Å². The molecule has 0 N–H and O–H groups in total. The SMILES string of the molecule is CCOC(=O)CC(=O)c1ccccc1.CCOC(=O)CC(=O)c1ccccc1.CCOC(=O)CC(=O)c1ccccc1.CC[O][Ti]. The minimum atomic E-state index is -0.471. The van der Waals surface area contributed by atoms with E-state index in [-0.39, 0.29) is 36.6 Å². The van der Waals surface area contributed by atoms with Crippen molar-refractivity contribution >= 4 is 35.3 Å². The third kappa shape index (κ3) is 20.7. The van der Waals surface area contributed by atoms with E-state index in [0.29, 0.717) is 36.5 Å². The van der Waals surface area contributed by atoms with Crippen molar-refractivity contribution in [2.75, 3.05) is 26.4 Å². The Balaban J connectivity index is 0.000000623. The van der Waals surface area contributed by atoms with E-state index < -0.39 is 17.9 Å². The molecule has 0 aromatic heterocycles. The molecule has 11 heteroatoms. The molecular formula is C35H41O10Ti. The molecule has 0 bridgehead atoms. The fourth-order valence-corrected chi connectivity index (χ4v) is 3.21. The molecule has 0 heterocycles. The maximum absolute atomic E-state index is 11.4. The minimum absolute atomic E-state index is 0.183. The molecule has 0 unspecified atom stereocenters. The molecule has 0 radical (unpaired) electrons. The van der Waals surface area contributed by atoms with Gasteiger partial charge in [0, 0.05) is 16.7 Å². The van der Waals surface area contributed by atoms with Crippen LogP contribution in [-0.2, 0) is 52.7 Å². The van der Waals surface area contributed by atoms with Crippen molar-refractivity contribution in [2.45, 2.75) is 47.0 Å². The predicted molar refractivity (Wildman–Crippen MR) is 168 cm³/mol. The number of Topliss-reactive ketones (excluding diaryl/α,β-unsaturated/α-hetero) is 3. The van der Waals surface area contributed by atoms with Crippen molar-refractivity contribution in [3.63, 3.8) is 0 Å². The van der Waals surface area contributed by atoms with Crippen molar-refractivity contribution in [2.24, 2.45) is 0 Å².